The molecule has 0 spiro atoms. The van der Waals surface area contributed by atoms with Crippen molar-refractivity contribution in [1.82, 2.24) is 0 Å². The fraction of sp³-hybridized carbons (Fsp3) is 0.811. The number of aliphatic hydroxyl groups excluding tert-OH is 3. The Morgan fingerprint density at radius 1 is 0.891 bits per heavy atom. The van der Waals surface area contributed by atoms with Crippen LogP contribution in [0, 0.1) is 22.7 Å². The average Bonchev–Trinajstić information content (AvgIpc) is 3.21. The van der Waals surface area contributed by atoms with Crippen LogP contribution >= 0.6 is 0 Å². The smallest absolute Gasteiger partial charge is 0.310 e. The van der Waals surface area contributed by atoms with Crippen molar-refractivity contribution in [1.29, 1.82) is 0 Å². The van der Waals surface area contributed by atoms with Crippen molar-refractivity contribution in [2.24, 2.45) is 22.7 Å². The Hall–Kier alpha value is -1.94. The predicted molar refractivity (Wildman–Crippen MR) is 172 cm³/mol. The van der Waals surface area contributed by atoms with E-state index in [0.29, 0.717) is 12.0 Å². The van der Waals surface area contributed by atoms with Crippen LogP contribution in [0.4, 0.5) is 4.39 Å². The lowest BCUT2D eigenvalue weighted by molar-refractivity contribution is -0.228. The maximum absolute atomic E-state index is 17.9. The van der Waals surface area contributed by atoms with Gasteiger partial charge in [0.25, 0.3) is 0 Å². The van der Waals surface area contributed by atoms with Gasteiger partial charge in [-0.3, -0.25) is 14.4 Å². The first-order valence-corrected chi connectivity index (χ1v) is 17.9. The number of esters is 1. The lowest BCUT2D eigenvalue weighted by Gasteiger charge is -2.62. The van der Waals surface area contributed by atoms with Gasteiger partial charge in [0, 0.05) is 23.8 Å². The van der Waals surface area contributed by atoms with Crippen molar-refractivity contribution >= 4 is 17.5 Å². The molecule has 0 aromatic heterocycles. The summed E-state index contributed by atoms with van der Waals surface area (Å²) < 4.78 is 23.7. The number of allylic oxidation sites excluding steroid dienone is 3. The number of fused-ring (bicyclic) bond motifs is 5. The highest BCUT2D eigenvalue weighted by Crippen LogP contribution is 2.70. The Balaban J connectivity index is 1.36. The first-order chi connectivity index (χ1) is 21.8. The highest BCUT2D eigenvalue weighted by molar-refractivity contribution is 6.02. The summed E-state index contributed by atoms with van der Waals surface area (Å²) >= 11 is 0. The molecule has 0 radical (unpaired) electrons. The largest absolute Gasteiger partial charge is 0.430 e. The Morgan fingerprint density at radius 2 is 1.46 bits per heavy atom. The molecule has 260 valence electrons. The summed E-state index contributed by atoms with van der Waals surface area (Å²) in [6, 6.07) is 0. The molecule has 8 atom stereocenters. The lowest BCUT2D eigenvalue weighted by atomic mass is 9.44. The monoisotopic (exact) mass is 648 g/mol. The molecule has 0 aliphatic heterocycles. The van der Waals surface area contributed by atoms with Crippen LogP contribution in [-0.2, 0) is 19.1 Å². The molecule has 9 heteroatoms. The van der Waals surface area contributed by atoms with Gasteiger partial charge in [0.15, 0.2) is 22.8 Å². The van der Waals surface area contributed by atoms with Crippen LogP contribution in [0.25, 0.3) is 0 Å². The highest BCUT2D eigenvalue weighted by atomic mass is 19.1. The molecule has 46 heavy (non-hydrogen) atoms. The maximum Gasteiger partial charge on any atom is 0.310 e. The maximum atomic E-state index is 17.9. The summed E-state index contributed by atoms with van der Waals surface area (Å²) in [6.07, 6.45) is 14.7. The Kier molecular flexibility index (Phi) is 12.1. The van der Waals surface area contributed by atoms with Crippen LogP contribution in [0.5, 0.6) is 0 Å². The topological polar surface area (TPSA) is 141 Å². The normalized spacial score (nSPS) is 36.7. The summed E-state index contributed by atoms with van der Waals surface area (Å²) in [5.41, 5.74) is -7.35. The molecule has 8 nitrogen and oxygen atoms in total. The van der Waals surface area contributed by atoms with Gasteiger partial charge in [-0.2, -0.15) is 0 Å². The van der Waals surface area contributed by atoms with Crippen LogP contribution in [-0.4, -0.2) is 68.0 Å². The number of carbonyl (C=O) groups is 3. The van der Waals surface area contributed by atoms with E-state index in [0.717, 1.165) is 25.3 Å². The van der Waals surface area contributed by atoms with Crippen LogP contribution in [0.3, 0.4) is 0 Å². The molecule has 0 heterocycles. The summed E-state index contributed by atoms with van der Waals surface area (Å²) in [5.74, 6) is -3.68. The van der Waals surface area contributed by atoms with Crippen LogP contribution < -0.4 is 0 Å². The zero-order valence-corrected chi connectivity index (χ0v) is 28.2. The van der Waals surface area contributed by atoms with E-state index in [1.807, 2.05) is 0 Å². The van der Waals surface area contributed by atoms with E-state index in [9.17, 15) is 34.8 Å². The second-order valence-electron chi connectivity index (χ2n) is 14.9. The van der Waals surface area contributed by atoms with Gasteiger partial charge in [0.1, 0.15) is 12.4 Å². The average molecular weight is 649 g/mol. The highest BCUT2D eigenvalue weighted by Gasteiger charge is 2.77. The van der Waals surface area contributed by atoms with Crippen molar-refractivity contribution in [3.05, 3.63) is 23.5 Å². The Bertz CT molecular complexity index is 1180. The quantitative estimate of drug-likeness (QED) is 0.112. The first-order valence-electron chi connectivity index (χ1n) is 17.9. The van der Waals surface area contributed by atoms with Crippen molar-refractivity contribution in [2.45, 2.75) is 160 Å². The molecule has 3 fully saturated rings. The molecule has 3 saturated carbocycles. The number of carbonyl (C=O) groups excluding carboxylic acids is 3. The minimum Gasteiger partial charge on any atom is -0.430 e. The third kappa shape index (κ3) is 6.42. The Labute approximate surface area is 273 Å². The molecule has 0 saturated heterocycles. The van der Waals surface area contributed by atoms with E-state index in [4.69, 9.17) is 4.74 Å². The minimum absolute atomic E-state index is 0.0895. The second kappa shape index (κ2) is 15.1. The van der Waals surface area contributed by atoms with Crippen LogP contribution in [0.2, 0.25) is 0 Å². The number of rotatable bonds is 17. The van der Waals surface area contributed by atoms with E-state index in [1.165, 1.54) is 63.9 Å². The van der Waals surface area contributed by atoms with Gasteiger partial charge in [-0.25, -0.2) is 4.39 Å². The first kappa shape index (κ1) is 36.9. The summed E-state index contributed by atoms with van der Waals surface area (Å²) in [5, 5.41) is 43.5. The number of halogens is 1. The van der Waals surface area contributed by atoms with E-state index in [1.54, 1.807) is 13.8 Å². The summed E-state index contributed by atoms with van der Waals surface area (Å²) in [7, 11) is 0. The van der Waals surface area contributed by atoms with Gasteiger partial charge < -0.3 is 25.2 Å². The number of hydrogen-bond acceptors (Lipinski definition) is 8. The summed E-state index contributed by atoms with van der Waals surface area (Å²) in [4.78, 5) is 38.5. The zero-order valence-electron chi connectivity index (χ0n) is 28.2. The van der Waals surface area contributed by atoms with Crippen molar-refractivity contribution in [3.63, 3.8) is 0 Å². The van der Waals surface area contributed by atoms with Gasteiger partial charge in [0.2, 0.25) is 0 Å². The fourth-order valence-corrected chi connectivity index (χ4v) is 9.53. The van der Waals surface area contributed by atoms with Gasteiger partial charge in [0.05, 0.1) is 17.6 Å². The van der Waals surface area contributed by atoms with Gasteiger partial charge >= 0.3 is 5.97 Å². The molecule has 0 aromatic carbocycles. The minimum atomic E-state index is -2.41. The number of Topliss-reactive ketones (excluding diaryl/α,β-unsaturated/α-hetero) is 1. The Morgan fingerprint density at radius 3 is 2.02 bits per heavy atom. The molecule has 4 aliphatic rings. The molecule has 0 aromatic rings. The molecule has 0 bridgehead atoms. The van der Waals surface area contributed by atoms with E-state index in [2.05, 4.69) is 6.92 Å². The lowest BCUT2D eigenvalue weighted by Crippen LogP contribution is -2.70. The third-order valence-corrected chi connectivity index (χ3v) is 12.3. The van der Waals surface area contributed by atoms with Crippen molar-refractivity contribution in [2.75, 3.05) is 6.61 Å². The van der Waals surface area contributed by atoms with Crippen molar-refractivity contribution < 1.29 is 43.9 Å². The van der Waals surface area contributed by atoms with Gasteiger partial charge in [-0.15, -0.1) is 0 Å². The van der Waals surface area contributed by atoms with Crippen LogP contribution in [0.1, 0.15) is 136 Å². The molecule has 4 aliphatic carbocycles. The molecule has 4 rings (SSSR count). The third-order valence-electron chi connectivity index (χ3n) is 12.3. The van der Waals surface area contributed by atoms with E-state index >= 15 is 4.39 Å². The number of ether oxygens (including phenoxy) is 1. The van der Waals surface area contributed by atoms with Crippen molar-refractivity contribution in [3.8, 4) is 0 Å². The second-order valence-corrected chi connectivity index (χ2v) is 14.9. The molecular weight excluding hydrogens is 591 g/mol. The predicted octanol–water partition coefficient (Wildman–Crippen LogP) is 5.97. The van der Waals surface area contributed by atoms with Gasteiger partial charge in [-0.05, 0) is 56.6 Å². The van der Waals surface area contributed by atoms with Gasteiger partial charge in [-0.1, -0.05) is 90.9 Å². The molecule has 4 N–H and O–H groups in total. The number of hydrogen-bond donors (Lipinski definition) is 4. The fourth-order valence-electron chi connectivity index (χ4n) is 9.53. The SMILES string of the molecule is CCCCCCCCCCCCCCCC(=O)OC1=CC(=O)C=C2CC[C@H]3[C@@H]4C[C@@H](O)C(O)(C(=O)CO)[C@@]4(C)C[C@H](O)[C@]3(F)[C@]21C. The number of aliphatic hydroxyl groups is 4. The van der Waals surface area contributed by atoms with E-state index < -0.39 is 70.3 Å². The standard InChI is InChI=1S/C37H57FO8/c1-4-5-6-7-8-9-10-11-12-13-14-15-16-17-33(44)46-32-21-26(40)20-25-18-19-27-28-22-29(41)37(45,31(43)24-39)34(28,2)23-30(42)36(27,38)35(25,32)3/h20-21,27-30,39,41-42,45H,4-19,22-24H2,1-3H3/t27-,28-,29+,30-,34-,35+,36-,37?/m0/s1. The molecule has 1 unspecified atom stereocenters. The number of unbranched alkanes of at least 4 members (excludes halogenated alkanes) is 12. The van der Waals surface area contributed by atoms with E-state index in [-0.39, 0.29) is 37.9 Å². The number of alkyl halides is 1. The molecule has 0 amide bonds. The molecular formula is C37H57FO8. The number of ketones is 2. The van der Waals surface area contributed by atoms with Crippen LogP contribution in [0.15, 0.2) is 23.5 Å². The summed E-state index contributed by atoms with van der Waals surface area (Å²) in [6.45, 7) is 4.36. The zero-order chi connectivity index (χ0) is 33.8.